The third-order valence-electron chi connectivity index (χ3n) is 4.84. The van der Waals surface area contributed by atoms with Crippen molar-refractivity contribution >= 4 is 40.0 Å². The predicted octanol–water partition coefficient (Wildman–Crippen LogP) is 4.07. The second kappa shape index (κ2) is 10.5. The average Bonchev–Trinajstić information content (AvgIpc) is 3.30. The van der Waals surface area contributed by atoms with Crippen molar-refractivity contribution in [2.24, 2.45) is 0 Å². The van der Waals surface area contributed by atoms with Gasteiger partial charge >= 0.3 is 0 Å². The lowest BCUT2D eigenvalue weighted by Crippen LogP contribution is -2.44. The van der Waals surface area contributed by atoms with Gasteiger partial charge < -0.3 is 20.1 Å². The van der Waals surface area contributed by atoms with E-state index in [1.807, 2.05) is 35.9 Å². The molecule has 0 radical (unpaired) electrons. The molecule has 1 aliphatic rings. The molecular formula is C23H23N3O4S2. The summed E-state index contributed by atoms with van der Waals surface area (Å²) in [6.45, 7) is 1.05. The van der Waals surface area contributed by atoms with Gasteiger partial charge in [0.1, 0.15) is 19.3 Å². The Labute approximate surface area is 194 Å². The lowest BCUT2D eigenvalue weighted by atomic mass is 10.1. The molecule has 166 valence electrons. The van der Waals surface area contributed by atoms with E-state index in [1.54, 1.807) is 36.0 Å². The maximum Gasteiger partial charge on any atom is 0.251 e. The molecule has 0 saturated carbocycles. The monoisotopic (exact) mass is 469 g/mol. The van der Waals surface area contributed by atoms with Crippen molar-refractivity contribution in [2.75, 3.05) is 30.5 Å². The maximum absolute atomic E-state index is 12.9. The van der Waals surface area contributed by atoms with Gasteiger partial charge in [0.25, 0.3) is 5.91 Å². The first-order valence-corrected chi connectivity index (χ1v) is 12.4. The molecule has 1 atom stereocenters. The summed E-state index contributed by atoms with van der Waals surface area (Å²) in [5.74, 6) is 1.59. The zero-order valence-electron chi connectivity index (χ0n) is 17.5. The number of amides is 2. The summed E-state index contributed by atoms with van der Waals surface area (Å²) in [5, 5.41) is 8.04. The number of aromatic nitrogens is 1. The molecule has 2 N–H and O–H groups in total. The number of carbonyl (C=O) groups excluding carboxylic acids is 2. The van der Waals surface area contributed by atoms with Crippen LogP contribution in [-0.4, -0.2) is 48.1 Å². The summed E-state index contributed by atoms with van der Waals surface area (Å²) < 4.78 is 11.2. The molecule has 1 unspecified atom stereocenters. The summed E-state index contributed by atoms with van der Waals surface area (Å²) in [6.07, 6.45) is 2.49. The number of fused-ring (bicyclic) bond motifs is 1. The van der Waals surface area contributed by atoms with E-state index in [0.717, 1.165) is 22.8 Å². The first-order valence-electron chi connectivity index (χ1n) is 10.2. The van der Waals surface area contributed by atoms with E-state index in [1.165, 1.54) is 11.3 Å². The maximum atomic E-state index is 12.9. The third kappa shape index (κ3) is 5.41. The van der Waals surface area contributed by atoms with Crippen LogP contribution in [0.5, 0.6) is 11.5 Å². The van der Waals surface area contributed by atoms with Crippen LogP contribution in [0.4, 0.5) is 5.13 Å². The van der Waals surface area contributed by atoms with Crippen LogP contribution in [0.15, 0.2) is 53.9 Å². The second-order valence-electron chi connectivity index (χ2n) is 7.06. The minimum absolute atomic E-state index is 0.275. The number of hydrogen-bond donors (Lipinski definition) is 2. The smallest absolute Gasteiger partial charge is 0.251 e. The predicted molar refractivity (Wildman–Crippen MR) is 128 cm³/mol. The highest BCUT2D eigenvalue weighted by Crippen LogP contribution is 2.35. The Morgan fingerprint density at radius 3 is 2.69 bits per heavy atom. The quantitative estimate of drug-likeness (QED) is 0.517. The van der Waals surface area contributed by atoms with Gasteiger partial charge in [0, 0.05) is 16.5 Å². The van der Waals surface area contributed by atoms with Gasteiger partial charge in [0.15, 0.2) is 16.6 Å². The number of benzene rings is 2. The molecule has 32 heavy (non-hydrogen) atoms. The van der Waals surface area contributed by atoms with E-state index in [2.05, 4.69) is 15.6 Å². The summed E-state index contributed by atoms with van der Waals surface area (Å²) in [7, 11) is 0. The standard InChI is InChI=1S/C23H23N3O4S2/c1-31-12-9-17(24-21(27)15-5-3-2-4-6-15)22(28)26-23-25-18(14-32-23)16-7-8-19-20(13-16)30-11-10-29-19/h2-8,13-14,17H,9-12H2,1H3,(H,24,27)(H,25,26,28). The Kier molecular flexibility index (Phi) is 7.28. The molecular weight excluding hydrogens is 446 g/mol. The number of rotatable bonds is 8. The summed E-state index contributed by atoms with van der Waals surface area (Å²) >= 11 is 2.96. The van der Waals surface area contributed by atoms with Crippen LogP contribution in [0.3, 0.4) is 0 Å². The fraction of sp³-hybridized carbons (Fsp3) is 0.261. The average molecular weight is 470 g/mol. The van der Waals surface area contributed by atoms with Crippen LogP contribution in [0.25, 0.3) is 11.3 Å². The van der Waals surface area contributed by atoms with Crippen LogP contribution in [0.2, 0.25) is 0 Å². The van der Waals surface area contributed by atoms with Crippen molar-refractivity contribution in [3.8, 4) is 22.8 Å². The van der Waals surface area contributed by atoms with E-state index < -0.39 is 6.04 Å². The Balaban J connectivity index is 1.44. The van der Waals surface area contributed by atoms with E-state index in [0.29, 0.717) is 36.1 Å². The van der Waals surface area contributed by atoms with E-state index in [4.69, 9.17) is 9.47 Å². The van der Waals surface area contributed by atoms with Crippen molar-refractivity contribution in [2.45, 2.75) is 12.5 Å². The Morgan fingerprint density at radius 1 is 1.12 bits per heavy atom. The zero-order chi connectivity index (χ0) is 22.3. The van der Waals surface area contributed by atoms with Crippen molar-refractivity contribution in [1.29, 1.82) is 0 Å². The van der Waals surface area contributed by atoms with E-state index in [-0.39, 0.29) is 11.8 Å². The van der Waals surface area contributed by atoms with Gasteiger partial charge in [0.2, 0.25) is 5.91 Å². The van der Waals surface area contributed by atoms with E-state index >= 15 is 0 Å². The largest absolute Gasteiger partial charge is 0.486 e. The molecule has 9 heteroatoms. The fourth-order valence-corrected chi connectivity index (χ4v) is 4.39. The first kappa shape index (κ1) is 22.2. The van der Waals surface area contributed by atoms with Gasteiger partial charge in [-0.05, 0) is 48.8 Å². The van der Waals surface area contributed by atoms with Crippen molar-refractivity contribution in [1.82, 2.24) is 10.3 Å². The number of hydrogen-bond acceptors (Lipinski definition) is 7. The van der Waals surface area contributed by atoms with Crippen LogP contribution in [-0.2, 0) is 4.79 Å². The lowest BCUT2D eigenvalue weighted by Gasteiger charge is -2.18. The molecule has 0 saturated heterocycles. The first-order chi connectivity index (χ1) is 15.6. The molecule has 0 spiro atoms. The fourth-order valence-electron chi connectivity index (χ4n) is 3.19. The van der Waals surface area contributed by atoms with Gasteiger partial charge in [-0.15, -0.1) is 11.3 Å². The summed E-state index contributed by atoms with van der Waals surface area (Å²) in [6, 6.07) is 13.9. The van der Waals surface area contributed by atoms with Gasteiger partial charge in [-0.2, -0.15) is 11.8 Å². The highest BCUT2D eigenvalue weighted by Gasteiger charge is 2.22. The van der Waals surface area contributed by atoms with Gasteiger partial charge in [-0.3, -0.25) is 9.59 Å². The van der Waals surface area contributed by atoms with Gasteiger partial charge in [-0.1, -0.05) is 18.2 Å². The van der Waals surface area contributed by atoms with Crippen LogP contribution in [0.1, 0.15) is 16.8 Å². The molecule has 4 rings (SSSR count). The second-order valence-corrected chi connectivity index (χ2v) is 8.90. The molecule has 1 aliphatic heterocycles. The minimum Gasteiger partial charge on any atom is -0.486 e. The van der Waals surface area contributed by atoms with E-state index in [9.17, 15) is 9.59 Å². The Morgan fingerprint density at radius 2 is 1.91 bits per heavy atom. The van der Waals surface area contributed by atoms with Gasteiger partial charge in [-0.25, -0.2) is 4.98 Å². The number of nitrogens with zero attached hydrogens (tertiary/aromatic N) is 1. The number of thioether (sulfide) groups is 1. The van der Waals surface area contributed by atoms with Crippen LogP contribution in [0, 0.1) is 0 Å². The Hall–Kier alpha value is -3.04. The SMILES string of the molecule is CSCCC(NC(=O)c1ccccc1)C(=O)Nc1nc(-c2ccc3c(c2)OCCO3)cs1. The number of nitrogens with one attached hydrogen (secondary N) is 2. The molecule has 1 aromatic heterocycles. The molecule has 0 fully saturated rings. The third-order valence-corrected chi connectivity index (χ3v) is 6.24. The molecule has 7 nitrogen and oxygen atoms in total. The highest BCUT2D eigenvalue weighted by molar-refractivity contribution is 7.98. The molecule has 2 heterocycles. The molecule has 3 aromatic rings. The van der Waals surface area contributed by atoms with Crippen molar-refractivity contribution in [3.63, 3.8) is 0 Å². The number of carbonyl (C=O) groups is 2. The summed E-state index contributed by atoms with van der Waals surface area (Å²) in [5.41, 5.74) is 2.13. The molecule has 2 aromatic carbocycles. The van der Waals surface area contributed by atoms with Crippen molar-refractivity contribution in [3.05, 3.63) is 59.5 Å². The highest BCUT2D eigenvalue weighted by atomic mass is 32.2. The van der Waals surface area contributed by atoms with Crippen LogP contribution >= 0.6 is 23.1 Å². The minimum atomic E-state index is -0.656. The zero-order valence-corrected chi connectivity index (χ0v) is 19.1. The van der Waals surface area contributed by atoms with Crippen LogP contribution < -0.4 is 20.1 Å². The topological polar surface area (TPSA) is 89.6 Å². The normalized spacial score (nSPS) is 13.3. The molecule has 2 amide bonds. The number of anilines is 1. The molecule has 0 aliphatic carbocycles. The Bertz CT molecular complexity index is 1090. The van der Waals surface area contributed by atoms with Gasteiger partial charge in [0.05, 0.1) is 5.69 Å². The summed E-state index contributed by atoms with van der Waals surface area (Å²) in [4.78, 5) is 30.0. The van der Waals surface area contributed by atoms with Crippen molar-refractivity contribution < 1.29 is 19.1 Å². The molecule has 0 bridgehead atoms. The lowest BCUT2D eigenvalue weighted by molar-refractivity contribution is -0.118. The number of ether oxygens (including phenoxy) is 2. The number of thiazole rings is 1.